The minimum atomic E-state index is -3.30. The third-order valence-electron chi connectivity index (χ3n) is 4.91. The van der Waals surface area contributed by atoms with Crippen molar-refractivity contribution in [2.24, 2.45) is 0 Å². The number of carbonyl (C=O) groups excluding carboxylic acids is 2. The first kappa shape index (κ1) is 20.6. The maximum Gasteiger partial charge on any atom is 0.271 e. The number of carbonyl (C=O) groups is 2. The summed E-state index contributed by atoms with van der Waals surface area (Å²) >= 11 is 0. The summed E-state index contributed by atoms with van der Waals surface area (Å²) in [5, 5.41) is 9.45. The van der Waals surface area contributed by atoms with Gasteiger partial charge in [-0.3, -0.25) is 14.5 Å². The van der Waals surface area contributed by atoms with Crippen molar-refractivity contribution >= 4 is 27.7 Å². The van der Waals surface area contributed by atoms with Gasteiger partial charge in [0.1, 0.15) is 24.0 Å². The molecular formula is C21H20N2O5S. The largest absolute Gasteiger partial charge is 0.490 e. The normalized spacial score (nSPS) is 22.7. The number of rotatable bonds is 5. The molecule has 0 saturated carbocycles. The summed E-state index contributed by atoms with van der Waals surface area (Å²) in [5.74, 6) is -1.03. The number of hydrogen-bond acceptors (Lipinski definition) is 6. The summed E-state index contributed by atoms with van der Waals surface area (Å²) in [6, 6.07) is 8.08. The van der Waals surface area contributed by atoms with E-state index < -0.39 is 27.7 Å². The van der Waals surface area contributed by atoms with Crippen LogP contribution in [0.1, 0.15) is 18.9 Å². The van der Waals surface area contributed by atoms with Crippen molar-refractivity contribution in [2.75, 3.05) is 18.1 Å². The zero-order valence-corrected chi connectivity index (χ0v) is 16.7. The van der Waals surface area contributed by atoms with Gasteiger partial charge >= 0.3 is 0 Å². The second-order valence-corrected chi connectivity index (χ2v) is 9.10. The summed E-state index contributed by atoms with van der Waals surface area (Å²) in [6.45, 7) is 5.50. The number of sulfone groups is 1. The number of benzene rings is 1. The Kier molecular flexibility index (Phi) is 5.71. The molecule has 29 heavy (non-hydrogen) atoms. The van der Waals surface area contributed by atoms with Crippen LogP contribution in [0, 0.1) is 11.3 Å². The lowest BCUT2D eigenvalue weighted by Gasteiger charge is -2.31. The maximum atomic E-state index is 13.1. The molecule has 2 aliphatic heterocycles. The van der Waals surface area contributed by atoms with E-state index in [2.05, 4.69) is 6.58 Å². The smallest absolute Gasteiger partial charge is 0.271 e. The molecule has 0 unspecified atom stereocenters. The topological polar surface area (TPSA) is 105 Å². The first-order valence-corrected chi connectivity index (χ1v) is 10.8. The van der Waals surface area contributed by atoms with E-state index in [0.717, 1.165) is 4.90 Å². The first-order valence-electron chi connectivity index (χ1n) is 9.02. The number of nitrogens with zero attached hydrogens (tertiary/aromatic N) is 2. The van der Waals surface area contributed by atoms with E-state index in [0.29, 0.717) is 17.9 Å². The Balaban J connectivity index is 1.98. The number of imide groups is 1. The van der Waals surface area contributed by atoms with E-state index in [1.807, 2.05) is 6.07 Å². The summed E-state index contributed by atoms with van der Waals surface area (Å²) in [7, 11) is -3.30. The molecule has 0 spiro atoms. The Morgan fingerprint density at radius 2 is 1.97 bits per heavy atom. The summed E-state index contributed by atoms with van der Waals surface area (Å²) < 4.78 is 29.1. The molecule has 1 aromatic rings. The van der Waals surface area contributed by atoms with E-state index >= 15 is 0 Å². The van der Waals surface area contributed by atoms with Gasteiger partial charge in [-0.2, -0.15) is 5.26 Å². The molecule has 3 rings (SSSR count). The fourth-order valence-corrected chi connectivity index (χ4v) is 5.09. The molecule has 1 atom stereocenters. The molecule has 2 aliphatic rings. The van der Waals surface area contributed by atoms with Gasteiger partial charge in [0.15, 0.2) is 9.84 Å². The van der Waals surface area contributed by atoms with E-state index in [-0.39, 0.29) is 34.6 Å². The van der Waals surface area contributed by atoms with Gasteiger partial charge in [-0.15, -0.1) is 0 Å². The fraction of sp³-hybridized carbons (Fsp3) is 0.286. The Labute approximate surface area is 169 Å². The molecule has 0 aromatic heterocycles. The fourth-order valence-electron chi connectivity index (χ4n) is 3.39. The van der Waals surface area contributed by atoms with Crippen LogP contribution in [0.3, 0.4) is 0 Å². The van der Waals surface area contributed by atoms with Crippen LogP contribution in [0.4, 0.5) is 0 Å². The quantitative estimate of drug-likeness (QED) is 0.416. The predicted octanol–water partition coefficient (Wildman–Crippen LogP) is 2.03. The van der Waals surface area contributed by atoms with E-state index in [4.69, 9.17) is 4.74 Å². The molecular weight excluding hydrogens is 392 g/mol. The van der Waals surface area contributed by atoms with Gasteiger partial charge < -0.3 is 4.74 Å². The van der Waals surface area contributed by atoms with Crippen LogP contribution in [-0.2, 0) is 19.4 Å². The molecule has 0 bridgehead atoms. The van der Waals surface area contributed by atoms with Gasteiger partial charge in [-0.25, -0.2) is 8.42 Å². The van der Waals surface area contributed by atoms with Gasteiger partial charge in [-0.1, -0.05) is 24.8 Å². The molecule has 1 fully saturated rings. The average Bonchev–Trinajstić information content (AvgIpc) is 3.04. The molecule has 150 valence electrons. The molecule has 7 nitrogen and oxygen atoms in total. The molecule has 0 radical (unpaired) electrons. The molecule has 2 amide bonds. The minimum absolute atomic E-state index is 0.0788. The van der Waals surface area contributed by atoms with Crippen molar-refractivity contribution in [3.63, 3.8) is 0 Å². The Morgan fingerprint density at radius 3 is 2.52 bits per heavy atom. The van der Waals surface area contributed by atoms with Crippen molar-refractivity contribution in [3.8, 4) is 11.8 Å². The summed E-state index contributed by atoms with van der Waals surface area (Å²) in [4.78, 5) is 26.7. The van der Waals surface area contributed by atoms with E-state index in [9.17, 15) is 23.3 Å². The number of nitriles is 1. The van der Waals surface area contributed by atoms with Crippen molar-refractivity contribution in [2.45, 2.75) is 19.4 Å². The van der Waals surface area contributed by atoms with Gasteiger partial charge in [0.05, 0.1) is 17.5 Å². The van der Waals surface area contributed by atoms with E-state index in [1.54, 1.807) is 43.3 Å². The predicted molar refractivity (Wildman–Crippen MR) is 107 cm³/mol. The highest BCUT2D eigenvalue weighted by atomic mass is 32.2. The summed E-state index contributed by atoms with van der Waals surface area (Å²) in [6.07, 6.45) is 3.40. The second kappa shape index (κ2) is 8.05. The maximum absolute atomic E-state index is 13.1. The lowest BCUT2D eigenvalue weighted by molar-refractivity contribution is -0.142. The van der Waals surface area contributed by atoms with Crippen molar-refractivity contribution in [3.05, 3.63) is 59.2 Å². The third-order valence-corrected chi connectivity index (χ3v) is 6.66. The molecule has 2 heterocycles. The average molecular weight is 412 g/mol. The van der Waals surface area contributed by atoms with Crippen molar-refractivity contribution in [1.82, 2.24) is 4.90 Å². The van der Waals surface area contributed by atoms with Crippen molar-refractivity contribution < 1.29 is 22.7 Å². The standard InChI is InChI=1S/C21H20N2O5S/c1-3-9-28-17-6-4-15(5-7-17)11-18-14(2)19(12-22)21(25)23(20(18)24)16-8-10-29(26,27)13-16/h3-7,11,16H,1,8-10,13H2,2H3/b18-11-/t16-/m1/s1. The number of ether oxygens (including phenoxy) is 1. The molecule has 1 saturated heterocycles. The van der Waals surface area contributed by atoms with Crippen molar-refractivity contribution in [1.29, 1.82) is 5.26 Å². The van der Waals surface area contributed by atoms with E-state index in [1.165, 1.54) is 0 Å². The van der Waals surface area contributed by atoms with Crippen LogP contribution in [0.15, 0.2) is 53.6 Å². The second-order valence-electron chi connectivity index (χ2n) is 6.88. The zero-order chi connectivity index (χ0) is 21.2. The lowest BCUT2D eigenvalue weighted by Crippen LogP contribution is -2.49. The summed E-state index contributed by atoms with van der Waals surface area (Å²) in [5.41, 5.74) is 1.02. The number of amides is 2. The highest BCUT2D eigenvalue weighted by Crippen LogP contribution is 2.31. The van der Waals surface area contributed by atoms with Crippen LogP contribution >= 0.6 is 0 Å². The van der Waals surface area contributed by atoms with Crippen LogP contribution < -0.4 is 4.74 Å². The highest BCUT2D eigenvalue weighted by Gasteiger charge is 2.43. The third kappa shape index (κ3) is 4.15. The Morgan fingerprint density at radius 1 is 1.28 bits per heavy atom. The van der Waals surface area contributed by atoms with Gasteiger partial charge in [0.2, 0.25) is 0 Å². The highest BCUT2D eigenvalue weighted by molar-refractivity contribution is 7.91. The lowest BCUT2D eigenvalue weighted by atomic mass is 9.92. The van der Waals surface area contributed by atoms with Crippen LogP contribution in [0.5, 0.6) is 5.75 Å². The number of hydrogen-bond donors (Lipinski definition) is 0. The molecule has 0 N–H and O–H groups in total. The SMILES string of the molecule is C=CCOc1ccc(/C=C2\C(=O)N([C@@H]3CCS(=O)(=O)C3)C(=O)C(C#N)=C2C)cc1. The van der Waals surface area contributed by atoms with Gasteiger partial charge in [-0.05, 0) is 42.7 Å². The first-order chi connectivity index (χ1) is 13.8. The molecule has 1 aromatic carbocycles. The van der Waals surface area contributed by atoms with Gasteiger partial charge in [0, 0.05) is 5.57 Å². The Hall–Kier alpha value is -3.18. The van der Waals surface area contributed by atoms with Crippen LogP contribution in [-0.4, -0.2) is 49.3 Å². The monoisotopic (exact) mass is 412 g/mol. The Bertz CT molecular complexity index is 1080. The van der Waals surface area contributed by atoms with Crippen LogP contribution in [0.2, 0.25) is 0 Å². The van der Waals surface area contributed by atoms with Gasteiger partial charge in [0.25, 0.3) is 11.8 Å². The molecule has 8 heteroatoms. The van der Waals surface area contributed by atoms with Crippen LogP contribution in [0.25, 0.3) is 6.08 Å². The minimum Gasteiger partial charge on any atom is -0.490 e. The zero-order valence-electron chi connectivity index (χ0n) is 15.9. The molecule has 0 aliphatic carbocycles.